The van der Waals surface area contributed by atoms with E-state index in [2.05, 4.69) is 11.7 Å². The van der Waals surface area contributed by atoms with E-state index < -0.39 is 12.0 Å². The van der Waals surface area contributed by atoms with Gasteiger partial charge in [-0.15, -0.1) is 0 Å². The molecule has 1 atom stereocenters. The average molecular weight is 159 g/mol. The Morgan fingerprint density at radius 3 is 2.55 bits per heavy atom. The Morgan fingerprint density at radius 2 is 2.18 bits per heavy atom. The van der Waals surface area contributed by atoms with Crippen LogP contribution in [0.15, 0.2) is 4.99 Å². The SMILES string of the molecule is C=NC(CCCCO)C(=O)O. The molecule has 0 bridgehead atoms. The number of hydrogen-bond donors (Lipinski definition) is 2. The van der Waals surface area contributed by atoms with Gasteiger partial charge in [0.2, 0.25) is 0 Å². The van der Waals surface area contributed by atoms with Crippen molar-refractivity contribution in [3.8, 4) is 0 Å². The van der Waals surface area contributed by atoms with Crippen LogP contribution in [0, 0.1) is 0 Å². The standard InChI is InChI=1S/C7H13NO3/c1-8-6(7(10)11)4-2-3-5-9/h6,9H,1-5H2,(H,10,11). The van der Waals surface area contributed by atoms with Gasteiger partial charge in [0.25, 0.3) is 0 Å². The summed E-state index contributed by atoms with van der Waals surface area (Å²) in [6, 6.07) is -0.707. The molecule has 0 aliphatic rings. The van der Waals surface area contributed by atoms with Gasteiger partial charge in [0.05, 0.1) is 0 Å². The Hall–Kier alpha value is -0.900. The van der Waals surface area contributed by atoms with E-state index in [1.165, 1.54) is 0 Å². The van der Waals surface area contributed by atoms with Gasteiger partial charge in [-0.1, -0.05) is 0 Å². The third-order valence-corrected chi connectivity index (χ3v) is 1.39. The second-order valence-electron chi connectivity index (χ2n) is 2.26. The maximum Gasteiger partial charge on any atom is 0.328 e. The highest BCUT2D eigenvalue weighted by atomic mass is 16.4. The molecule has 4 nitrogen and oxygen atoms in total. The first-order valence-electron chi connectivity index (χ1n) is 3.52. The van der Waals surface area contributed by atoms with Gasteiger partial charge in [0, 0.05) is 6.61 Å². The lowest BCUT2D eigenvalue weighted by Crippen LogP contribution is -2.17. The number of nitrogens with zero attached hydrogens (tertiary/aromatic N) is 1. The first kappa shape index (κ1) is 10.1. The second kappa shape index (κ2) is 5.85. The van der Waals surface area contributed by atoms with Crippen molar-refractivity contribution in [2.24, 2.45) is 4.99 Å². The third kappa shape index (κ3) is 4.50. The molecule has 0 saturated heterocycles. The fourth-order valence-electron chi connectivity index (χ4n) is 0.742. The molecule has 0 saturated carbocycles. The molecule has 0 heterocycles. The van der Waals surface area contributed by atoms with Crippen LogP contribution in [-0.4, -0.2) is 35.5 Å². The minimum Gasteiger partial charge on any atom is -0.480 e. The maximum atomic E-state index is 10.3. The summed E-state index contributed by atoms with van der Waals surface area (Å²) in [6.07, 6.45) is 1.76. The van der Waals surface area contributed by atoms with E-state index >= 15 is 0 Å². The van der Waals surface area contributed by atoms with Crippen LogP contribution in [0.25, 0.3) is 0 Å². The number of aliphatic hydroxyl groups excluding tert-OH is 1. The fraction of sp³-hybridized carbons (Fsp3) is 0.714. The molecule has 0 rings (SSSR count). The van der Waals surface area contributed by atoms with Gasteiger partial charge in [-0.05, 0) is 26.0 Å². The number of carboxylic acids is 1. The van der Waals surface area contributed by atoms with Gasteiger partial charge in [0.1, 0.15) is 6.04 Å². The summed E-state index contributed by atoms with van der Waals surface area (Å²) < 4.78 is 0. The Kier molecular flexibility index (Phi) is 5.37. The molecule has 0 aliphatic carbocycles. The minimum absolute atomic E-state index is 0.101. The molecule has 0 aromatic rings. The van der Waals surface area contributed by atoms with Crippen LogP contribution in [0.1, 0.15) is 19.3 Å². The molecule has 0 amide bonds. The number of unbranched alkanes of at least 4 members (excludes halogenated alkanes) is 1. The third-order valence-electron chi connectivity index (χ3n) is 1.39. The van der Waals surface area contributed by atoms with Gasteiger partial charge in [-0.3, -0.25) is 4.99 Å². The van der Waals surface area contributed by atoms with Gasteiger partial charge in [0.15, 0.2) is 0 Å². The molecule has 11 heavy (non-hydrogen) atoms. The Labute approximate surface area is 65.6 Å². The van der Waals surface area contributed by atoms with Crippen molar-refractivity contribution < 1.29 is 15.0 Å². The number of aliphatic imine (C=N–C) groups is 1. The van der Waals surface area contributed by atoms with Crippen LogP contribution < -0.4 is 0 Å². The van der Waals surface area contributed by atoms with Crippen LogP contribution in [0.4, 0.5) is 0 Å². The molecule has 2 N–H and O–H groups in total. The highest BCUT2D eigenvalue weighted by Crippen LogP contribution is 2.03. The molecule has 0 aromatic heterocycles. The number of carbonyl (C=O) groups is 1. The molecular formula is C7H13NO3. The van der Waals surface area contributed by atoms with Crippen molar-refractivity contribution in [3.63, 3.8) is 0 Å². The van der Waals surface area contributed by atoms with Crippen LogP contribution in [0.3, 0.4) is 0 Å². The van der Waals surface area contributed by atoms with Gasteiger partial charge < -0.3 is 10.2 Å². The number of aliphatic hydroxyl groups is 1. The summed E-state index contributed by atoms with van der Waals surface area (Å²) in [5.41, 5.74) is 0. The smallest absolute Gasteiger partial charge is 0.328 e. The first-order chi connectivity index (χ1) is 5.22. The molecule has 0 fully saturated rings. The highest BCUT2D eigenvalue weighted by Gasteiger charge is 2.12. The maximum absolute atomic E-state index is 10.3. The number of aliphatic carboxylic acids is 1. The summed E-state index contributed by atoms with van der Waals surface area (Å²) in [4.78, 5) is 13.8. The fourth-order valence-corrected chi connectivity index (χ4v) is 0.742. The van der Waals surface area contributed by atoms with E-state index in [0.717, 1.165) is 0 Å². The second-order valence-corrected chi connectivity index (χ2v) is 2.26. The largest absolute Gasteiger partial charge is 0.480 e. The lowest BCUT2D eigenvalue weighted by molar-refractivity contribution is -0.138. The van der Waals surface area contributed by atoms with E-state index in [1.807, 2.05) is 0 Å². The molecule has 0 aliphatic heterocycles. The van der Waals surface area contributed by atoms with Crippen molar-refractivity contribution in [2.75, 3.05) is 6.61 Å². The number of carboxylic acid groups (broad SMARTS) is 1. The van der Waals surface area contributed by atoms with Gasteiger partial charge >= 0.3 is 5.97 Å². The summed E-state index contributed by atoms with van der Waals surface area (Å²) in [6.45, 7) is 3.27. The number of rotatable bonds is 6. The monoisotopic (exact) mass is 159 g/mol. The molecule has 0 radical (unpaired) electrons. The van der Waals surface area contributed by atoms with Crippen molar-refractivity contribution in [3.05, 3.63) is 0 Å². The van der Waals surface area contributed by atoms with Gasteiger partial charge in [-0.2, -0.15) is 0 Å². The Bertz CT molecular complexity index is 136. The van der Waals surface area contributed by atoms with Gasteiger partial charge in [-0.25, -0.2) is 4.79 Å². The zero-order valence-corrected chi connectivity index (χ0v) is 6.36. The Balaban J connectivity index is 3.52. The quantitative estimate of drug-likeness (QED) is 0.432. The van der Waals surface area contributed by atoms with E-state index in [-0.39, 0.29) is 6.61 Å². The average Bonchev–Trinajstić information content (AvgIpc) is 1.97. The molecular weight excluding hydrogens is 146 g/mol. The molecule has 1 unspecified atom stereocenters. The van der Waals surface area contributed by atoms with E-state index in [0.29, 0.717) is 19.3 Å². The van der Waals surface area contributed by atoms with Crippen molar-refractivity contribution in [1.82, 2.24) is 0 Å². The Morgan fingerprint density at radius 1 is 1.55 bits per heavy atom. The molecule has 0 spiro atoms. The van der Waals surface area contributed by atoms with Crippen molar-refractivity contribution in [2.45, 2.75) is 25.3 Å². The lowest BCUT2D eigenvalue weighted by Gasteiger charge is -2.04. The molecule has 4 heteroatoms. The first-order valence-corrected chi connectivity index (χ1v) is 3.52. The zero-order chi connectivity index (χ0) is 8.69. The van der Waals surface area contributed by atoms with Crippen LogP contribution in [-0.2, 0) is 4.79 Å². The summed E-state index contributed by atoms with van der Waals surface area (Å²) in [5, 5.41) is 16.9. The van der Waals surface area contributed by atoms with Crippen LogP contribution in [0.2, 0.25) is 0 Å². The van der Waals surface area contributed by atoms with Crippen molar-refractivity contribution >= 4 is 12.7 Å². The predicted octanol–water partition coefficient (Wildman–Crippen LogP) is 0.303. The number of hydrogen-bond acceptors (Lipinski definition) is 3. The summed E-state index contributed by atoms with van der Waals surface area (Å²) >= 11 is 0. The van der Waals surface area contributed by atoms with Crippen LogP contribution >= 0.6 is 0 Å². The molecule has 0 aromatic carbocycles. The van der Waals surface area contributed by atoms with E-state index in [4.69, 9.17) is 10.2 Å². The topological polar surface area (TPSA) is 69.9 Å². The minimum atomic E-state index is -0.946. The van der Waals surface area contributed by atoms with E-state index in [9.17, 15) is 4.79 Å². The highest BCUT2D eigenvalue weighted by molar-refractivity contribution is 5.74. The van der Waals surface area contributed by atoms with Crippen molar-refractivity contribution in [1.29, 1.82) is 0 Å². The zero-order valence-electron chi connectivity index (χ0n) is 6.36. The summed E-state index contributed by atoms with van der Waals surface area (Å²) in [7, 11) is 0. The van der Waals surface area contributed by atoms with Crippen LogP contribution in [0.5, 0.6) is 0 Å². The normalized spacial score (nSPS) is 12.5. The predicted molar refractivity (Wildman–Crippen MR) is 41.9 cm³/mol. The molecule has 64 valence electrons. The van der Waals surface area contributed by atoms with E-state index in [1.54, 1.807) is 0 Å². The lowest BCUT2D eigenvalue weighted by atomic mass is 10.1. The summed E-state index contributed by atoms with van der Waals surface area (Å²) in [5.74, 6) is -0.946.